The summed E-state index contributed by atoms with van der Waals surface area (Å²) < 4.78 is 27.8. The highest BCUT2D eigenvalue weighted by Crippen LogP contribution is 2.31. The summed E-state index contributed by atoms with van der Waals surface area (Å²) in [4.78, 5) is 16.9. The van der Waals surface area contributed by atoms with Gasteiger partial charge in [0.25, 0.3) is 10.0 Å². The third kappa shape index (κ3) is 3.18. The molecule has 2 aromatic heterocycles. The van der Waals surface area contributed by atoms with E-state index in [9.17, 15) is 13.2 Å². The van der Waals surface area contributed by atoms with Gasteiger partial charge in [0.1, 0.15) is 10.3 Å². The minimum absolute atomic E-state index is 0.173. The summed E-state index contributed by atoms with van der Waals surface area (Å²) >= 11 is 2.45. The number of anilines is 1. The van der Waals surface area contributed by atoms with Crippen LogP contribution in [-0.4, -0.2) is 29.7 Å². The molecule has 0 aliphatic carbocycles. The maximum Gasteiger partial charge on any atom is 0.253 e. The van der Waals surface area contributed by atoms with E-state index in [-0.39, 0.29) is 16.7 Å². The van der Waals surface area contributed by atoms with E-state index >= 15 is 0 Å². The topological polar surface area (TPSA) is 79.4 Å². The summed E-state index contributed by atoms with van der Waals surface area (Å²) in [7, 11) is -3.76. The van der Waals surface area contributed by atoms with E-state index in [0.717, 1.165) is 22.5 Å². The zero-order valence-corrected chi connectivity index (χ0v) is 16.0. The molecule has 3 aromatic rings. The lowest BCUT2D eigenvalue weighted by atomic mass is 9.95. The number of fused-ring (bicyclic) bond motifs is 1. The van der Waals surface area contributed by atoms with Crippen molar-refractivity contribution in [1.29, 1.82) is 0 Å². The fraction of sp³-hybridized carbons (Fsp3) is 0.176. The number of thiazole rings is 1. The standard InChI is InChI=1S/C17H15N3O3S3/c21-16(19-17-18-7-9-25-17)14-10-12-4-1-2-5-13(12)11-20(14)26(22,23)15-6-3-8-24-15/h1-9,14H,10-11H2,(H,18,19,21)/t14-/m1/s1. The molecule has 1 aliphatic rings. The molecule has 6 nitrogen and oxygen atoms in total. The fourth-order valence-corrected chi connectivity index (χ4v) is 6.19. The Balaban J connectivity index is 1.72. The molecule has 1 aromatic carbocycles. The molecular weight excluding hydrogens is 390 g/mol. The van der Waals surface area contributed by atoms with Gasteiger partial charge in [-0.1, -0.05) is 30.3 Å². The summed E-state index contributed by atoms with van der Waals surface area (Å²) in [6.07, 6.45) is 1.93. The highest BCUT2D eigenvalue weighted by atomic mass is 32.2. The van der Waals surface area contributed by atoms with Gasteiger partial charge in [-0.05, 0) is 29.0 Å². The van der Waals surface area contributed by atoms with Gasteiger partial charge < -0.3 is 5.32 Å². The van der Waals surface area contributed by atoms with Crippen LogP contribution >= 0.6 is 22.7 Å². The van der Waals surface area contributed by atoms with Crippen LogP contribution < -0.4 is 5.32 Å². The molecule has 9 heteroatoms. The van der Waals surface area contributed by atoms with Crippen LogP contribution in [0.2, 0.25) is 0 Å². The van der Waals surface area contributed by atoms with Crippen molar-refractivity contribution < 1.29 is 13.2 Å². The molecule has 3 heterocycles. The van der Waals surface area contributed by atoms with Gasteiger partial charge in [-0.3, -0.25) is 4.79 Å². The third-order valence-electron chi connectivity index (χ3n) is 4.23. The molecule has 0 unspecified atom stereocenters. The van der Waals surface area contributed by atoms with Gasteiger partial charge in [0.05, 0.1) is 0 Å². The second kappa shape index (κ2) is 6.92. The maximum atomic E-state index is 13.1. The van der Waals surface area contributed by atoms with Gasteiger partial charge in [-0.15, -0.1) is 22.7 Å². The number of hydrogen-bond donors (Lipinski definition) is 1. The van der Waals surface area contributed by atoms with Gasteiger partial charge >= 0.3 is 0 Å². The first-order chi connectivity index (χ1) is 12.6. The first kappa shape index (κ1) is 17.3. The molecule has 0 saturated heterocycles. The number of hydrogen-bond acceptors (Lipinski definition) is 6. The lowest BCUT2D eigenvalue weighted by Crippen LogP contribution is -2.50. The Morgan fingerprint density at radius 1 is 1.12 bits per heavy atom. The van der Waals surface area contributed by atoms with Crippen molar-refractivity contribution in [2.75, 3.05) is 5.32 Å². The van der Waals surface area contributed by atoms with E-state index in [2.05, 4.69) is 10.3 Å². The van der Waals surface area contributed by atoms with Gasteiger partial charge in [0, 0.05) is 18.1 Å². The molecule has 134 valence electrons. The van der Waals surface area contributed by atoms with Crippen LogP contribution in [0.25, 0.3) is 0 Å². The van der Waals surface area contributed by atoms with E-state index in [1.807, 2.05) is 24.3 Å². The summed E-state index contributed by atoms with van der Waals surface area (Å²) in [5.74, 6) is -0.366. The molecular formula is C17H15N3O3S3. The number of thiophene rings is 1. The first-order valence-corrected chi connectivity index (χ1v) is 11.1. The second-order valence-electron chi connectivity index (χ2n) is 5.80. The van der Waals surface area contributed by atoms with Crippen molar-refractivity contribution in [1.82, 2.24) is 9.29 Å². The minimum Gasteiger partial charge on any atom is -0.301 e. The Hall–Kier alpha value is -2.07. The molecule has 26 heavy (non-hydrogen) atoms. The van der Waals surface area contributed by atoms with Crippen molar-refractivity contribution in [3.05, 3.63) is 64.5 Å². The van der Waals surface area contributed by atoms with Crippen molar-refractivity contribution in [3.8, 4) is 0 Å². The Morgan fingerprint density at radius 2 is 1.92 bits per heavy atom. The number of carbonyl (C=O) groups excluding carboxylic acids is 1. The van der Waals surface area contributed by atoms with E-state index in [1.165, 1.54) is 15.6 Å². The lowest BCUT2D eigenvalue weighted by molar-refractivity contribution is -0.120. The smallest absolute Gasteiger partial charge is 0.253 e. The van der Waals surface area contributed by atoms with Gasteiger partial charge in [-0.2, -0.15) is 4.31 Å². The molecule has 4 rings (SSSR count). The van der Waals surface area contributed by atoms with Crippen molar-refractivity contribution in [2.45, 2.75) is 23.2 Å². The summed E-state index contributed by atoms with van der Waals surface area (Å²) in [6.45, 7) is 0.173. The van der Waals surface area contributed by atoms with E-state index < -0.39 is 16.1 Å². The summed E-state index contributed by atoms with van der Waals surface area (Å²) in [5, 5.41) is 6.67. The number of amides is 1. The molecule has 0 spiro atoms. The van der Waals surface area contributed by atoms with Crippen molar-refractivity contribution in [2.24, 2.45) is 0 Å². The number of nitrogens with zero attached hydrogens (tertiary/aromatic N) is 2. The van der Waals surface area contributed by atoms with Crippen molar-refractivity contribution in [3.63, 3.8) is 0 Å². The fourth-order valence-electron chi connectivity index (χ4n) is 2.97. The SMILES string of the molecule is O=C(Nc1nccs1)[C@H]1Cc2ccccc2CN1S(=O)(=O)c1cccs1. The Kier molecular flexibility index (Phi) is 4.62. The van der Waals surface area contributed by atoms with E-state index in [0.29, 0.717) is 11.6 Å². The number of nitrogens with one attached hydrogen (secondary N) is 1. The predicted molar refractivity (Wildman–Crippen MR) is 102 cm³/mol. The Morgan fingerprint density at radius 3 is 2.62 bits per heavy atom. The molecule has 1 amide bonds. The maximum absolute atomic E-state index is 13.1. The Labute approximate surface area is 159 Å². The first-order valence-electron chi connectivity index (χ1n) is 7.88. The Bertz CT molecular complexity index is 1010. The van der Waals surface area contributed by atoms with Gasteiger partial charge in [-0.25, -0.2) is 13.4 Å². The van der Waals surface area contributed by atoms with Crippen LogP contribution in [0.5, 0.6) is 0 Å². The summed E-state index contributed by atoms with van der Waals surface area (Å²) in [6, 6.07) is 10.1. The number of sulfonamides is 1. The van der Waals surface area contributed by atoms with Crippen LogP contribution in [0.4, 0.5) is 5.13 Å². The third-order valence-corrected chi connectivity index (χ3v) is 8.14. The van der Waals surface area contributed by atoms with Crippen LogP contribution in [0, 0.1) is 0 Å². The number of aromatic nitrogens is 1. The monoisotopic (exact) mass is 405 g/mol. The highest BCUT2D eigenvalue weighted by Gasteiger charge is 2.40. The molecule has 1 aliphatic heterocycles. The quantitative estimate of drug-likeness (QED) is 0.724. The predicted octanol–water partition coefficient (Wildman–Crippen LogP) is 2.96. The zero-order valence-electron chi connectivity index (χ0n) is 13.5. The van der Waals surface area contributed by atoms with Crippen LogP contribution in [0.15, 0.2) is 57.6 Å². The lowest BCUT2D eigenvalue weighted by Gasteiger charge is -2.34. The van der Waals surface area contributed by atoms with Crippen LogP contribution in [-0.2, 0) is 27.8 Å². The zero-order chi connectivity index (χ0) is 18.1. The molecule has 1 atom stereocenters. The molecule has 0 saturated carbocycles. The normalized spacial score (nSPS) is 17.6. The van der Waals surface area contributed by atoms with E-state index in [1.54, 1.807) is 29.1 Å². The number of rotatable bonds is 4. The van der Waals surface area contributed by atoms with E-state index in [4.69, 9.17) is 0 Å². The van der Waals surface area contributed by atoms with Gasteiger partial charge in [0.15, 0.2) is 5.13 Å². The molecule has 0 bridgehead atoms. The second-order valence-corrected chi connectivity index (χ2v) is 9.76. The molecule has 0 radical (unpaired) electrons. The van der Waals surface area contributed by atoms with Crippen molar-refractivity contribution >= 4 is 43.7 Å². The number of benzene rings is 1. The molecule has 0 fully saturated rings. The number of carbonyl (C=O) groups is 1. The van der Waals surface area contributed by atoms with Crippen LogP contribution in [0.3, 0.4) is 0 Å². The molecule has 1 N–H and O–H groups in total. The average Bonchev–Trinajstić information content (AvgIpc) is 3.34. The highest BCUT2D eigenvalue weighted by molar-refractivity contribution is 7.91. The van der Waals surface area contributed by atoms with Crippen LogP contribution in [0.1, 0.15) is 11.1 Å². The average molecular weight is 406 g/mol. The van der Waals surface area contributed by atoms with Gasteiger partial charge in [0.2, 0.25) is 5.91 Å². The largest absolute Gasteiger partial charge is 0.301 e. The minimum atomic E-state index is -3.76. The summed E-state index contributed by atoms with van der Waals surface area (Å²) in [5.41, 5.74) is 1.91.